The van der Waals surface area contributed by atoms with E-state index < -0.39 is 5.41 Å². The molecule has 2 bridgehead atoms. The molecule has 1 fully saturated rings. The predicted octanol–water partition coefficient (Wildman–Crippen LogP) is 11.7. The number of anilines is 3. The second-order valence-corrected chi connectivity index (χ2v) is 14.6. The van der Waals surface area contributed by atoms with Gasteiger partial charge in [0.2, 0.25) is 0 Å². The molecule has 1 spiro atoms. The highest BCUT2D eigenvalue weighted by atomic mass is 15.2. The number of hydrogen-bond acceptors (Lipinski definition) is 2. The minimum atomic E-state index is -0.443. The fourth-order valence-electron chi connectivity index (χ4n) is 10.7. The van der Waals surface area contributed by atoms with Gasteiger partial charge < -0.3 is 9.47 Å². The van der Waals surface area contributed by atoms with Crippen LogP contribution in [-0.4, -0.2) is 9.55 Å². The highest BCUT2D eigenvalue weighted by Crippen LogP contribution is 2.65. The number of fused-ring (bicyclic) bond motifs is 19. The number of benzene rings is 6. The van der Waals surface area contributed by atoms with Gasteiger partial charge in [0, 0.05) is 34.5 Å². The Morgan fingerprint density at radius 2 is 1.26 bits per heavy atom. The highest BCUT2D eigenvalue weighted by Gasteiger charge is 2.52. The molecular weight excluding hydrogens is 607 g/mol. The van der Waals surface area contributed by atoms with Crippen LogP contribution in [0.4, 0.5) is 17.1 Å². The van der Waals surface area contributed by atoms with E-state index in [1.54, 1.807) is 0 Å². The first-order valence-corrected chi connectivity index (χ1v) is 18.0. The molecule has 3 unspecified atom stereocenters. The number of para-hydroxylation sites is 4. The van der Waals surface area contributed by atoms with Gasteiger partial charge in [0.1, 0.15) is 0 Å². The standard InChI is InChI=1S/C47H33N3/c1-4-14-36-35(12-1)45-38(47(36)37-15-5-8-19-42(37)50-41-18-7-3-11-33(41)34-13-9-16-39(47)46(34)50)22-23-43-44(45)30-21-20-29(28-30)32-10-2-6-17-40(32)49(43)31-24-26-48-27-25-31/h1-19,22-27,29-30H,20-21,28H2. The first-order chi connectivity index (χ1) is 24.8. The molecule has 2 aromatic heterocycles. The van der Waals surface area contributed by atoms with Crippen molar-refractivity contribution in [1.29, 1.82) is 0 Å². The fraction of sp³-hybridized carbons (Fsp3) is 0.128. The van der Waals surface area contributed by atoms with E-state index in [1.807, 2.05) is 12.4 Å². The van der Waals surface area contributed by atoms with Crippen molar-refractivity contribution in [3.8, 4) is 16.8 Å². The summed E-state index contributed by atoms with van der Waals surface area (Å²) in [6, 6.07) is 52.9. The maximum absolute atomic E-state index is 4.43. The van der Waals surface area contributed by atoms with Gasteiger partial charge in [0.25, 0.3) is 0 Å². The van der Waals surface area contributed by atoms with E-state index >= 15 is 0 Å². The van der Waals surface area contributed by atoms with Crippen LogP contribution in [0.2, 0.25) is 0 Å². The average Bonchev–Trinajstić information content (AvgIpc) is 3.88. The minimum Gasteiger partial charge on any atom is -0.310 e. The lowest BCUT2D eigenvalue weighted by atomic mass is 9.65. The Kier molecular flexibility index (Phi) is 5.18. The number of pyridine rings is 1. The van der Waals surface area contributed by atoms with Gasteiger partial charge in [-0.25, -0.2) is 0 Å². The maximum atomic E-state index is 4.43. The monoisotopic (exact) mass is 639 g/mol. The number of rotatable bonds is 1. The molecule has 8 aromatic rings. The molecule has 3 heteroatoms. The van der Waals surface area contributed by atoms with Crippen LogP contribution in [0.3, 0.4) is 0 Å². The van der Waals surface area contributed by atoms with E-state index in [0.29, 0.717) is 11.8 Å². The third-order valence-corrected chi connectivity index (χ3v) is 12.5. The van der Waals surface area contributed by atoms with E-state index in [-0.39, 0.29) is 0 Å². The van der Waals surface area contributed by atoms with Gasteiger partial charge in [-0.2, -0.15) is 0 Å². The van der Waals surface area contributed by atoms with Crippen LogP contribution in [0.25, 0.3) is 38.6 Å². The molecule has 0 N–H and O–H groups in total. The molecular formula is C47H33N3. The van der Waals surface area contributed by atoms with E-state index in [1.165, 1.54) is 103 Å². The zero-order valence-electron chi connectivity index (χ0n) is 27.6. The van der Waals surface area contributed by atoms with Crippen molar-refractivity contribution < 1.29 is 0 Å². The van der Waals surface area contributed by atoms with Crippen molar-refractivity contribution in [1.82, 2.24) is 9.55 Å². The summed E-state index contributed by atoms with van der Waals surface area (Å²) in [5.74, 6) is 1.00. The lowest BCUT2D eigenvalue weighted by molar-refractivity contribution is 0.679. The first kappa shape index (κ1) is 27.0. The Balaban J connectivity index is 1.25. The smallest absolute Gasteiger partial charge is 0.0754 e. The molecule has 4 aliphatic rings. The van der Waals surface area contributed by atoms with Gasteiger partial charge in [0.15, 0.2) is 0 Å². The molecule has 0 radical (unpaired) electrons. The van der Waals surface area contributed by atoms with Crippen LogP contribution in [0.15, 0.2) is 152 Å². The Labute approximate surface area is 291 Å². The molecule has 12 rings (SSSR count). The molecule has 50 heavy (non-hydrogen) atoms. The van der Waals surface area contributed by atoms with E-state index in [9.17, 15) is 0 Å². The topological polar surface area (TPSA) is 21.1 Å². The van der Waals surface area contributed by atoms with Crippen molar-refractivity contribution in [2.24, 2.45) is 0 Å². The van der Waals surface area contributed by atoms with Gasteiger partial charge in [0.05, 0.1) is 27.8 Å². The molecule has 6 aromatic carbocycles. The molecule has 3 atom stereocenters. The zero-order valence-corrected chi connectivity index (χ0v) is 27.6. The average molecular weight is 640 g/mol. The van der Waals surface area contributed by atoms with E-state index in [0.717, 1.165) is 5.69 Å². The van der Waals surface area contributed by atoms with Crippen molar-refractivity contribution >= 4 is 38.9 Å². The summed E-state index contributed by atoms with van der Waals surface area (Å²) in [4.78, 5) is 6.97. The van der Waals surface area contributed by atoms with Crippen LogP contribution in [0.5, 0.6) is 0 Å². The summed E-state index contributed by atoms with van der Waals surface area (Å²) in [7, 11) is 0. The Bertz CT molecular complexity index is 2720. The SMILES string of the molecule is c1ccc2c(c1)-c1c(ccc3c1C1CCC(C1)c1ccccc1N3c1ccncc1)C21c2ccccc2-n2c3ccccc3c3cccc1c32. The van der Waals surface area contributed by atoms with Crippen molar-refractivity contribution in [2.75, 3.05) is 4.90 Å². The van der Waals surface area contributed by atoms with Crippen LogP contribution < -0.4 is 4.90 Å². The van der Waals surface area contributed by atoms with Crippen LogP contribution in [-0.2, 0) is 5.41 Å². The molecule has 2 aliphatic heterocycles. The molecule has 1 saturated carbocycles. The summed E-state index contributed by atoms with van der Waals surface area (Å²) in [6.45, 7) is 0. The predicted molar refractivity (Wildman–Crippen MR) is 203 cm³/mol. The van der Waals surface area contributed by atoms with E-state index in [2.05, 4.69) is 154 Å². The lowest BCUT2D eigenvalue weighted by Crippen LogP contribution is -2.33. The number of hydrogen-bond donors (Lipinski definition) is 0. The van der Waals surface area contributed by atoms with Gasteiger partial charge in [-0.05, 0) is 112 Å². The minimum absolute atomic E-state index is 0.443. The summed E-state index contributed by atoms with van der Waals surface area (Å²) in [5, 5.41) is 2.63. The third kappa shape index (κ3) is 3.15. The lowest BCUT2D eigenvalue weighted by Gasteiger charge is -2.40. The van der Waals surface area contributed by atoms with Crippen molar-refractivity contribution in [2.45, 2.75) is 36.5 Å². The number of nitrogens with zero attached hydrogens (tertiary/aromatic N) is 3. The highest BCUT2D eigenvalue weighted by molar-refractivity contribution is 6.13. The molecule has 236 valence electrons. The molecule has 0 saturated heterocycles. The van der Waals surface area contributed by atoms with Gasteiger partial charge >= 0.3 is 0 Å². The fourth-order valence-corrected chi connectivity index (χ4v) is 10.7. The molecule has 3 nitrogen and oxygen atoms in total. The van der Waals surface area contributed by atoms with Crippen LogP contribution in [0.1, 0.15) is 64.5 Å². The maximum Gasteiger partial charge on any atom is 0.0754 e. The quantitative estimate of drug-likeness (QED) is 0.178. The van der Waals surface area contributed by atoms with E-state index in [4.69, 9.17) is 0 Å². The van der Waals surface area contributed by atoms with Gasteiger partial charge in [-0.15, -0.1) is 0 Å². The summed E-state index contributed by atoms with van der Waals surface area (Å²) < 4.78 is 2.54. The number of aromatic nitrogens is 2. The summed E-state index contributed by atoms with van der Waals surface area (Å²) >= 11 is 0. The third-order valence-electron chi connectivity index (χ3n) is 12.5. The van der Waals surface area contributed by atoms with Gasteiger partial charge in [-0.3, -0.25) is 4.98 Å². The summed E-state index contributed by atoms with van der Waals surface area (Å²) in [5.41, 5.74) is 18.5. The van der Waals surface area contributed by atoms with Crippen LogP contribution >= 0.6 is 0 Å². The van der Waals surface area contributed by atoms with Gasteiger partial charge in [-0.1, -0.05) is 103 Å². The van der Waals surface area contributed by atoms with Crippen LogP contribution in [0, 0.1) is 0 Å². The normalized spacial score (nSPS) is 20.6. The Hall–Kier alpha value is -5.93. The Morgan fingerprint density at radius 1 is 0.540 bits per heavy atom. The van der Waals surface area contributed by atoms with Crippen molar-refractivity contribution in [3.05, 3.63) is 185 Å². The first-order valence-electron chi connectivity index (χ1n) is 18.0. The summed E-state index contributed by atoms with van der Waals surface area (Å²) in [6.07, 6.45) is 7.45. The second kappa shape index (κ2) is 9.61. The van der Waals surface area contributed by atoms with Crippen molar-refractivity contribution in [3.63, 3.8) is 0 Å². The largest absolute Gasteiger partial charge is 0.310 e. The zero-order chi connectivity index (χ0) is 32.6. The molecule has 2 aliphatic carbocycles. The second-order valence-electron chi connectivity index (χ2n) is 14.6. The molecule has 0 amide bonds. The Morgan fingerprint density at radius 3 is 2.18 bits per heavy atom. The molecule has 4 heterocycles.